The monoisotopic (exact) mass is 372 g/mol. The van der Waals surface area contributed by atoms with E-state index in [0.717, 1.165) is 56.2 Å². The Hall–Kier alpha value is -1.50. The smallest absolute Gasteiger partial charge is 0.243 e. The third-order valence-corrected chi connectivity index (χ3v) is 8.64. The Morgan fingerprint density at radius 1 is 1.15 bits per heavy atom. The fourth-order valence-electron chi connectivity index (χ4n) is 5.46. The van der Waals surface area contributed by atoms with Crippen LogP contribution in [0.1, 0.15) is 32.1 Å². The molecule has 1 aromatic heterocycles. The molecule has 1 saturated carbocycles. The van der Waals surface area contributed by atoms with Crippen LogP contribution >= 0.6 is 0 Å². The van der Waals surface area contributed by atoms with Crippen molar-refractivity contribution in [1.82, 2.24) is 9.29 Å². The Morgan fingerprint density at radius 3 is 2.85 bits per heavy atom. The van der Waals surface area contributed by atoms with Crippen molar-refractivity contribution in [2.45, 2.75) is 43.0 Å². The highest BCUT2D eigenvalue weighted by Crippen LogP contribution is 2.55. The zero-order valence-corrected chi connectivity index (χ0v) is 15.6. The molecule has 3 fully saturated rings. The van der Waals surface area contributed by atoms with Crippen LogP contribution in [0.2, 0.25) is 0 Å². The number of aromatic nitrogens is 1. The van der Waals surface area contributed by atoms with Crippen molar-refractivity contribution in [3.05, 3.63) is 36.5 Å². The van der Waals surface area contributed by atoms with E-state index < -0.39 is 10.0 Å². The van der Waals surface area contributed by atoms with Gasteiger partial charge in [0.1, 0.15) is 0 Å². The highest BCUT2D eigenvalue weighted by Gasteiger charge is 2.57. The van der Waals surface area contributed by atoms with E-state index in [1.54, 1.807) is 18.3 Å². The van der Waals surface area contributed by atoms with Crippen LogP contribution in [0.5, 0.6) is 0 Å². The fraction of sp³-hybridized carbons (Fsp3) is 0.550. The standard InChI is InChI=1S/C20H24N2O3S/c23-26(24,16-6-7-18-15(13-16)3-2-10-21-18)22-14-20(8-11-25-12-9-20)17-4-1-5-19(17)22/h2-3,6-7,10,13,17,19H,1,4-5,8-9,11-12,14H2/t17-,19+/m1/s1. The average molecular weight is 372 g/mol. The Kier molecular flexibility index (Phi) is 3.85. The summed E-state index contributed by atoms with van der Waals surface area (Å²) in [5.74, 6) is 0.489. The van der Waals surface area contributed by atoms with Gasteiger partial charge in [-0.1, -0.05) is 12.5 Å². The Bertz CT molecular complexity index is 937. The molecular formula is C20H24N2O3S. The van der Waals surface area contributed by atoms with Gasteiger partial charge in [-0.2, -0.15) is 4.31 Å². The third-order valence-electron chi connectivity index (χ3n) is 6.78. The summed E-state index contributed by atoms with van der Waals surface area (Å²) < 4.78 is 34.5. The van der Waals surface area contributed by atoms with Gasteiger partial charge in [0.25, 0.3) is 0 Å². The first-order valence-corrected chi connectivity index (χ1v) is 11.0. The lowest BCUT2D eigenvalue weighted by atomic mass is 9.71. The van der Waals surface area contributed by atoms with Crippen molar-refractivity contribution >= 4 is 20.9 Å². The predicted molar refractivity (Wildman–Crippen MR) is 99.2 cm³/mol. The summed E-state index contributed by atoms with van der Waals surface area (Å²) in [6.07, 6.45) is 6.98. The molecule has 138 valence electrons. The van der Waals surface area contributed by atoms with Gasteiger partial charge in [0.2, 0.25) is 10.0 Å². The quantitative estimate of drug-likeness (QED) is 0.812. The summed E-state index contributed by atoms with van der Waals surface area (Å²) in [7, 11) is -3.49. The maximum atomic E-state index is 13.5. The molecule has 5 nitrogen and oxygen atoms in total. The summed E-state index contributed by atoms with van der Waals surface area (Å²) in [4.78, 5) is 4.70. The molecule has 26 heavy (non-hydrogen) atoms. The lowest BCUT2D eigenvalue weighted by molar-refractivity contribution is 0.000191. The van der Waals surface area contributed by atoms with Gasteiger partial charge in [-0.05, 0) is 61.3 Å². The molecule has 1 aromatic carbocycles. The molecule has 3 heterocycles. The van der Waals surface area contributed by atoms with E-state index >= 15 is 0 Å². The average Bonchev–Trinajstić information content (AvgIpc) is 3.26. The molecule has 0 N–H and O–H groups in total. The number of hydrogen-bond donors (Lipinski definition) is 0. The van der Waals surface area contributed by atoms with Gasteiger partial charge < -0.3 is 4.74 Å². The molecule has 6 heteroatoms. The van der Waals surface area contributed by atoms with E-state index in [2.05, 4.69) is 4.98 Å². The SMILES string of the molecule is O=S(=O)(c1ccc2ncccc2c1)N1CC2(CCOCC2)[C@@H]2CCC[C@@H]21. The van der Waals surface area contributed by atoms with Crippen LogP contribution in [0, 0.1) is 11.3 Å². The van der Waals surface area contributed by atoms with E-state index in [-0.39, 0.29) is 11.5 Å². The maximum Gasteiger partial charge on any atom is 0.243 e. The van der Waals surface area contributed by atoms with Crippen LogP contribution in [-0.4, -0.2) is 43.5 Å². The second-order valence-electron chi connectivity index (χ2n) is 7.99. The first kappa shape index (κ1) is 16.7. The van der Waals surface area contributed by atoms with Crippen molar-refractivity contribution in [2.75, 3.05) is 19.8 Å². The fourth-order valence-corrected chi connectivity index (χ4v) is 7.29. The van der Waals surface area contributed by atoms with Gasteiger partial charge in [0.15, 0.2) is 0 Å². The number of ether oxygens (including phenoxy) is 1. The van der Waals surface area contributed by atoms with E-state index in [1.165, 1.54) is 0 Å². The summed E-state index contributed by atoms with van der Waals surface area (Å²) in [6.45, 7) is 2.18. The molecule has 1 spiro atoms. The van der Waals surface area contributed by atoms with E-state index in [9.17, 15) is 8.42 Å². The molecule has 2 saturated heterocycles. The van der Waals surface area contributed by atoms with Crippen LogP contribution in [0.15, 0.2) is 41.4 Å². The van der Waals surface area contributed by atoms with E-state index in [0.29, 0.717) is 17.4 Å². The summed E-state index contributed by atoms with van der Waals surface area (Å²) in [6, 6.07) is 9.22. The molecule has 3 aliphatic rings. The van der Waals surface area contributed by atoms with Crippen molar-refractivity contribution in [1.29, 1.82) is 0 Å². The first-order valence-electron chi connectivity index (χ1n) is 9.55. The second-order valence-corrected chi connectivity index (χ2v) is 9.88. The molecular weight excluding hydrogens is 348 g/mol. The van der Waals surface area contributed by atoms with E-state index in [1.807, 2.05) is 22.5 Å². The van der Waals surface area contributed by atoms with Gasteiger partial charge in [-0.3, -0.25) is 4.98 Å². The molecule has 1 aliphatic carbocycles. The van der Waals surface area contributed by atoms with Crippen LogP contribution in [0.3, 0.4) is 0 Å². The molecule has 5 rings (SSSR count). The van der Waals surface area contributed by atoms with Crippen molar-refractivity contribution in [2.24, 2.45) is 11.3 Å². The van der Waals surface area contributed by atoms with Crippen LogP contribution in [-0.2, 0) is 14.8 Å². The van der Waals surface area contributed by atoms with Gasteiger partial charge in [0.05, 0.1) is 10.4 Å². The molecule has 0 amide bonds. The van der Waals surface area contributed by atoms with Crippen LogP contribution < -0.4 is 0 Å². The van der Waals surface area contributed by atoms with Crippen molar-refractivity contribution in [3.8, 4) is 0 Å². The third kappa shape index (κ3) is 2.42. The number of benzene rings is 1. The summed E-state index contributed by atoms with van der Waals surface area (Å²) >= 11 is 0. The van der Waals surface area contributed by atoms with Gasteiger partial charge in [0, 0.05) is 37.4 Å². The van der Waals surface area contributed by atoms with Gasteiger partial charge >= 0.3 is 0 Å². The number of pyridine rings is 1. The minimum Gasteiger partial charge on any atom is -0.381 e. The number of hydrogen-bond acceptors (Lipinski definition) is 4. The van der Waals surface area contributed by atoms with E-state index in [4.69, 9.17) is 4.74 Å². The first-order chi connectivity index (χ1) is 12.6. The number of rotatable bonds is 2. The molecule has 2 aliphatic heterocycles. The predicted octanol–water partition coefficient (Wildman–Crippen LogP) is 3.20. The Balaban J connectivity index is 1.54. The van der Waals surface area contributed by atoms with Crippen LogP contribution in [0.25, 0.3) is 10.9 Å². The Labute approximate surface area is 154 Å². The molecule has 2 atom stereocenters. The lowest BCUT2D eigenvalue weighted by Gasteiger charge is -2.37. The summed E-state index contributed by atoms with van der Waals surface area (Å²) in [5, 5.41) is 0.872. The normalized spacial score (nSPS) is 28.6. The molecule has 0 bridgehead atoms. The topological polar surface area (TPSA) is 59.5 Å². The van der Waals surface area contributed by atoms with Crippen molar-refractivity contribution in [3.63, 3.8) is 0 Å². The van der Waals surface area contributed by atoms with Gasteiger partial charge in [-0.25, -0.2) is 8.42 Å². The van der Waals surface area contributed by atoms with Gasteiger partial charge in [-0.15, -0.1) is 0 Å². The highest BCUT2D eigenvalue weighted by atomic mass is 32.2. The minimum atomic E-state index is -3.49. The zero-order valence-electron chi connectivity index (χ0n) is 14.8. The highest BCUT2D eigenvalue weighted by molar-refractivity contribution is 7.89. The maximum absolute atomic E-state index is 13.5. The molecule has 0 radical (unpaired) electrons. The zero-order chi connectivity index (χ0) is 17.8. The minimum absolute atomic E-state index is 0.116. The largest absolute Gasteiger partial charge is 0.381 e. The molecule has 0 unspecified atom stereocenters. The Morgan fingerprint density at radius 2 is 2.00 bits per heavy atom. The summed E-state index contributed by atoms with van der Waals surface area (Å²) in [5.41, 5.74) is 0.942. The number of sulfonamides is 1. The van der Waals surface area contributed by atoms with Crippen molar-refractivity contribution < 1.29 is 13.2 Å². The number of fused-ring (bicyclic) bond motifs is 3. The lowest BCUT2D eigenvalue weighted by Crippen LogP contribution is -2.38. The van der Waals surface area contributed by atoms with Crippen LogP contribution in [0.4, 0.5) is 0 Å². The molecule has 2 aromatic rings. The number of nitrogens with zero attached hydrogens (tertiary/aromatic N) is 2. The second kappa shape index (κ2) is 6.01.